The molecule has 23 heavy (non-hydrogen) atoms. The van der Waals surface area contributed by atoms with E-state index in [9.17, 15) is 9.59 Å². The van der Waals surface area contributed by atoms with Crippen molar-refractivity contribution in [2.45, 2.75) is 38.1 Å². The number of hydrogen-bond acceptors (Lipinski definition) is 3. The second-order valence-corrected chi connectivity index (χ2v) is 5.89. The Labute approximate surface area is 135 Å². The average Bonchev–Trinajstić information content (AvgIpc) is 3.32. The summed E-state index contributed by atoms with van der Waals surface area (Å²) in [6.07, 6.45) is 6.67. The number of amides is 1. The number of rotatable bonds is 8. The molecule has 1 aromatic carbocycles. The molecule has 0 bridgehead atoms. The summed E-state index contributed by atoms with van der Waals surface area (Å²) in [5.41, 5.74) is 0.660. The number of ketones is 1. The van der Waals surface area contributed by atoms with Crippen molar-refractivity contribution in [2.75, 3.05) is 6.54 Å². The lowest BCUT2D eigenvalue weighted by atomic mass is 10.1. The van der Waals surface area contributed by atoms with Crippen LogP contribution in [-0.4, -0.2) is 27.8 Å². The summed E-state index contributed by atoms with van der Waals surface area (Å²) < 4.78 is 2.10. The highest BCUT2D eigenvalue weighted by molar-refractivity contribution is 5.97. The van der Waals surface area contributed by atoms with Gasteiger partial charge in [-0.15, -0.1) is 0 Å². The van der Waals surface area contributed by atoms with Crippen LogP contribution >= 0.6 is 0 Å². The quantitative estimate of drug-likeness (QED) is 0.762. The molecule has 0 radical (unpaired) electrons. The monoisotopic (exact) mass is 311 g/mol. The van der Waals surface area contributed by atoms with E-state index in [-0.39, 0.29) is 24.5 Å². The standard InChI is InChI=1S/C18H21N3O2/c22-16(14-4-2-1-3-5-14)8-9-17(23)19-10-12-21-13-11-20-18(21)15-6-7-15/h1-5,11,13,15H,6-10,12H2,(H,19,23). The number of carbonyl (C=O) groups is 2. The SMILES string of the molecule is O=C(CCC(=O)c1ccccc1)NCCn1ccnc1C1CC1. The van der Waals surface area contributed by atoms with Crippen LogP contribution in [0.1, 0.15) is 47.8 Å². The van der Waals surface area contributed by atoms with E-state index in [1.165, 1.54) is 12.8 Å². The summed E-state index contributed by atoms with van der Waals surface area (Å²) >= 11 is 0. The highest BCUT2D eigenvalue weighted by atomic mass is 16.2. The molecule has 1 saturated carbocycles. The number of carbonyl (C=O) groups excluding carboxylic acids is 2. The van der Waals surface area contributed by atoms with Gasteiger partial charge >= 0.3 is 0 Å². The van der Waals surface area contributed by atoms with E-state index in [0.717, 1.165) is 12.4 Å². The zero-order valence-corrected chi connectivity index (χ0v) is 13.1. The third-order valence-corrected chi connectivity index (χ3v) is 4.04. The van der Waals surface area contributed by atoms with Crippen molar-refractivity contribution >= 4 is 11.7 Å². The summed E-state index contributed by atoms with van der Waals surface area (Å²) in [5.74, 6) is 1.65. The van der Waals surface area contributed by atoms with Gasteiger partial charge in [-0.3, -0.25) is 9.59 Å². The molecule has 120 valence electrons. The van der Waals surface area contributed by atoms with Gasteiger partial charge in [-0.05, 0) is 12.8 Å². The third kappa shape index (κ3) is 4.28. The third-order valence-electron chi connectivity index (χ3n) is 4.04. The fraction of sp³-hybridized carbons (Fsp3) is 0.389. The molecule has 0 saturated heterocycles. The minimum Gasteiger partial charge on any atom is -0.354 e. The molecule has 1 aliphatic rings. The fourth-order valence-corrected chi connectivity index (χ4v) is 2.61. The summed E-state index contributed by atoms with van der Waals surface area (Å²) in [5, 5.41) is 2.87. The Hall–Kier alpha value is -2.43. The first-order valence-electron chi connectivity index (χ1n) is 8.10. The first-order valence-corrected chi connectivity index (χ1v) is 8.10. The van der Waals surface area contributed by atoms with Crippen molar-refractivity contribution in [1.82, 2.24) is 14.9 Å². The summed E-state index contributed by atoms with van der Waals surface area (Å²) in [6.45, 7) is 1.29. The molecule has 1 aromatic heterocycles. The van der Waals surface area contributed by atoms with Crippen molar-refractivity contribution in [3.63, 3.8) is 0 Å². The molecule has 2 aromatic rings. The van der Waals surface area contributed by atoms with Gasteiger partial charge in [0.2, 0.25) is 5.91 Å². The molecular formula is C18H21N3O2. The normalized spacial score (nSPS) is 13.7. The minimum absolute atomic E-state index is 0.00591. The molecule has 5 heteroatoms. The van der Waals surface area contributed by atoms with Crippen LogP contribution in [0.3, 0.4) is 0 Å². The summed E-state index contributed by atoms with van der Waals surface area (Å²) in [6, 6.07) is 9.08. The highest BCUT2D eigenvalue weighted by Crippen LogP contribution is 2.38. The maximum atomic E-state index is 11.9. The van der Waals surface area contributed by atoms with Crippen LogP contribution in [0, 0.1) is 0 Å². The number of hydrogen-bond donors (Lipinski definition) is 1. The number of nitrogens with one attached hydrogen (secondary N) is 1. The van der Waals surface area contributed by atoms with E-state index in [1.807, 2.05) is 30.6 Å². The lowest BCUT2D eigenvalue weighted by molar-refractivity contribution is -0.121. The van der Waals surface area contributed by atoms with Gasteiger partial charge in [-0.25, -0.2) is 4.98 Å². The smallest absolute Gasteiger partial charge is 0.220 e. The first-order chi connectivity index (χ1) is 11.2. The van der Waals surface area contributed by atoms with Crippen LogP contribution in [0.15, 0.2) is 42.7 Å². The molecule has 0 spiro atoms. The van der Waals surface area contributed by atoms with Crippen molar-refractivity contribution < 1.29 is 9.59 Å². The summed E-state index contributed by atoms with van der Waals surface area (Å²) in [7, 11) is 0. The van der Waals surface area contributed by atoms with Gasteiger partial charge in [0, 0.05) is 49.8 Å². The molecule has 0 unspecified atom stereocenters. The lowest BCUT2D eigenvalue weighted by Crippen LogP contribution is -2.27. The van der Waals surface area contributed by atoms with E-state index < -0.39 is 0 Å². The zero-order chi connectivity index (χ0) is 16.1. The van der Waals surface area contributed by atoms with E-state index in [1.54, 1.807) is 12.1 Å². The van der Waals surface area contributed by atoms with E-state index in [2.05, 4.69) is 14.9 Å². The number of imidazole rings is 1. The second-order valence-electron chi connectivity index (χ2n) is 5.89. The van der Waals surface area contributed by atoms with Crippen molar-refractivity contribution in [3.05, 3.63) is 54.1 Å². The molecule has 1 aliphatic carbocycles. The topological polar surface area (TPSA) is 64.0 Å². The highest BCUT2D eigenvalue weighted by Gasteiger charge is 2.27. The molecule has 1 fully saturated rings. The molecule has 0 aliphatic heterocycles. The van der Waals surface area contributed by atoms with Crippen LogP contribution in [0.5, 0.6) is 0 Å². The molecule has 1 heterocycles. The fourth-order valence-electron chi connectivity index (χ4n) is 2.61. The number of aromatic nitrogens is 2. The van der Waals surface area contributed by atoms with Crippen molar-refractivity contribution in [3.8, 4) is 0 Å². The minimum atomic E-state index is -0.0811. The van der Waals surface area contributed by atoms with Crippen LogP contribution in [0.2, 0.25) is 0 Å². The molecular weight excluding hydrogens is 290 g/mol. The van der Waals surface area contributed by atoms with Crippen molar-refractivity contribution in [1.29, 1.82) is 0 Å². The Balaban J connectivity index is 1.38. The average molecular weight is 311 g/mol. The van der Waals surface area contributed by atoms with Gasteiger partial charge in [0.05, 0.1) is 0 Å². The molecule has 1 amide bonds. The Morgan fingerprint density at radius 2 is 1.96 bits per heavy atom. The maximum absolute atomic E-state index is 11.9. The van der Waals surface area contributed by atoms with Gasteiger partial charge in [0.1, 0.15) is 5.82 Å². The van der Waals surface area contributed by atoms with Gasteiger partial charge in [-0.2, -0.15) is 0 Å². The lowest BCUT2D eigenvalue weighted by Gasteiger charge is -2.08. The number of Topliss-reactive ketones (excluding diaryl/α,β-unsaturated/α-hetero) is 1. The summed E-state index contributed by atoms with van der Waals surface area (Å²) in [4.78, 5) is 28.2. The predicted octanol–water partition coefficient (Wildman–Crippen LogP) is 2.54. The maximum Gasteiger partial charge on any atom is 0.220 e. The Kier molecular flexibility index (Phi) is 4.86. The van der Waals surface area contributed by atoms with Crippen LogP contribution in [-0.2, 0) is 11.3 Å². The first kappa shape index (κ1) is 15.5. The van der Waals surface area contributed by atoms with E-state index in [4.69, 9.17) is 0 Å². The van der Waals surface area contributed by atoms with Crippen LogP contribution in [0.4, 0.5) is 0 Å². The molecule has 3 rings (SSSR count). The molecule has 0 atom stereocenters. The Bertz CT molecular complexity index is 675. The number of nitrogens with zero attached hydrogens (tertiary/aromatic N) is 2. The van der Waals surface area contributed by atoms with Crippen molar-refractivity contribution in [2.24, 2.45) is 0 Å². The van der Waals surface area contributed by atoms with Gasteiger partial charge in [0.25, 0.3) is 0 Å². The Morgan fingerprint density at radius 3 is 2.70 bits per heavy atom. The predicted molar refractivity (Wildman–Crippen MR) is 87.2 cm³/mol. The van der Waals surface area contributed by atoms with Gasteiger partial charge in [0.15, 0.2) is 5.78 Å². The van der Waals surface area contributed by atoms with Gasteiger partial charge < -0.3 is 9.88 Å². The molecule has 5 nitrogen and oxygen atoms in total. The van der Waals surface area contributed by atoms with Gasteiger partial charge in [-0.1, -0.05) is 30.3 Å². The number of benzene rings is 1. The zero-order valence-electron chi connectivity index (χ0n) is 13.1. The van der Waals surface area contributed by atoms with Crippen LogP contribution < -0.4 is 5.32 Å². The van der Waals surface area contributed by atoms with E-state index >= 15 is 0 Å². The second kappa shape index (κ2) is 7.22. The molecule has 1 N–H and O–H groups in total. The largest absolute Gasteiger partial charge is 0.354 e. The van der Waals surface area contributed by atoms with Crippen LogP contribution in [0.25, 0.3) is 0 Å². The van der Waals surface area contributed by atoms with E-state index in [0.29, 0.717) is 18.0 Å². The Morgan fingerprint density at radius 1 is 1.17 bits per heavy atom.